The lowest BCUT2D eigenvalue weighted by Gasteiger charge is -2.31. The smallest absolute Gasteiger partial charge is 0.245 e. The molecule has 2 aromatic rings. The minimum atomic E-state index is 0.696. The van der Waals surface area contributed by atoms with Gasteiger partial charge in [-0.25, -0.2) is 0 Å². The van der Waals surface area contributed by atoms with Crippen molar-refractivity contribution in [1.82, 2.24) is 20.5 Å². The maximum atomic E-state index is 4.62. The molecule has 5 nitrogen and oxygen atoms in total. The standard InChI is InChI=1S/C13H19N5S/c1-14-7-10-3-2-5-18(8-10)13-15-12(16-17-13)11-4-6-19-9-11/h4,6,9-10,14H,2-3,5,7-8H2,1H3,(H,15,16,17). The summed E-state index contributed by atoms with van der Waals surface area (Å²) in [5, 5.41) is 14.8. The zero-order valence-electron chi connectivity index (χ0n) is 11.1. The molecule has 2 aromatic heterocycles. The molecule has 1 saturated heterocycles. The van der Waals surface area contributed by atoms with Crippen LogP contribution in [0.2, 0.25) is 0 Å². The Balaban J connectivity index is 1.72. The fourth-order valence-electron chi connectivity index (χ4n) is 2.62. The molecule has 102 valence electrons. The first-order valence-electron chi connectivity index (χ1n) is 6.71. The third-order valence-corrected chi connectivity index (χ3v) is 4.25. The molecule has 0 aromatic carbocycles. The number of rotatable bonds is 4. The number of anilines is 1. The van der Waals surface area contributed by atoms with Gasteiger partial charge in [0.05, 0.1) is 0 Å². The summed E-state index contributed by atoms with van der Waals surface area (Å²) in [5.74, 6) is 2.40. The van der Waals surface area contributed by atoms with Crippen LogP contribution in [0.15, 0.2) is 16.8 Å². The minimum Gasteiger partial charge on any atom is -0.339 e. The van der Waals surface area contributed by atoms with E-state index in [-0.39, 0.29) is 0 Å². The van der Waals surface area contributed by atoms with Gasteiger partial charge in [-0.05, 0) is 43.8 Å². The topological polar surface area (TPSA) is 56.8 Å². The molecular formula is C13H19N5S. The van der Waals surface area contributed by atoms with Crippen LogP contribution in [0.4, 0.5) is 5.95 Å². The molecule has 3 rings (SSSR count). The highest BCUT2D eigenvalue weighted by molar-refractivity contribution is 7.08. The molecule has 19 heavy (non-hydrogen) atoms. The Morgan fingerprint density at radius 3 is 3.32 bits per heavy atom. The van der Waals surface area contributed by atoms with Gasteiger partial charge in [-0.15, -0.1) is 5.10 Å². The molecule has 1 aliphatic rings. The van der Waals surface area contributed by atoms with Crippen molar-refractivity contribution in [3.05, 3.63) is 16.8 Å². The molecule has 0 spiro atoms. The van der Waals surface area contributed by atoms with E-state index in [1.807, 2.05) is 7.05 Å². The third kappa shape index (κ3) is 2.79. The quantitative estimate of drug-likeness (QED) is 0.897. The van der Waals surface area contributed by atoms with Crippen LogP contribution >= 0.6 is 11.3 Å². The van der Waals surface area contributed by atoms with Gasteiger partial charge in [0.15, 0.2) is 5.82 Å². The van der Waals surface area contributed by atoms with Crippen LogP contribution in [0.3, 0.4) is 0 Å². The van der Waals surface area contributed by atoms with Gasteiger partial charge in [-0.2, -0.15) is 16.3 Å². The second-order valence-corrected chi connectivity index (χ2v) is 5.79. The zero-order chi connectivity index (χ0) is 13.1. The predicted octanol–water partition coefficient (Wildman–Crippen LogP) is 1.97. The summed E-state index contributed by atoms with van der Waals surface area (Å²) in [6.45, 7) is 3.17. The highest BCUT2D eigenvalue weighted by Crippen LogP contribution is 2.23. The van der Waals surface area contributed by atoms with Gasteiger partial charge >= 0.3 is 0 Å². The van der Waals surface area contributed by atoms with Gasteiger partial charge < -0.3 is 10.2 Å². The highest BCUT2D eigenvalue weighted by Gasteiger charge is 2.22. The van der Waals surface area contributed by atoms with E-state index in [0.29, 0.717) is 5.92 Å². The Hall–Kier alpha value is -1.40. The summed E-state index contributed by atoms with van der Waals surface area (Å²) in [5.41, 5.74) is 1.12. The first kappa shape index (κ1) is 12.6. The van der Waals surface area contributed by atoms with E-state index in [9.17, 15) is 0 Å². The fourth-order valence-corrected chi connectivity index (χ4v) is 3.27. The number of nitrogens with zero attached hydrogens (tertiary/aromatic N) is 3. The number of hydrogen-bond donors (Lipinski definition) is 2. The fraction of sp³-hybridized carbons (Fsp3) is 0.538. The Morgan fingerprint density at radius 2 is 2.53 bits per heavy atom. The van der Waals surface area contributed by atoms with Crippen LogP contribution in [-0.2, 0) is 0 Å². The number of aromatic amines is 1. The number of thiophene rings is 1. The van der Waals surface area contributed by atoms with Gasteiger partial charge in [0.25, 0.3) is 0 Å². The largest absolute Gasteiger partial charge is 0.339 e. The average Bonchev–Trinajstić information content (AvgIpc) is 3.11. The second kappa shape index (κ2) is 5.71. The van der Waals surface area contributed by atoms with Crippen LogP contribution in [0.5, 0.6) is 0 Å². The summed E-state index contributed by atoms with van der Waals surface area (Å²) in [6.07, 6.45) is 2.51. The lowest BCUT2D eigenvalue weighted by Crippen LogP contribution is -2.39. The molecule has 1 fully saturated rings. The van der Waals surface area contributed by atoms with Gasteiger partial charge in [0.2, 0.25) is 5.95 Å². The maximum absolute atomic E-state index is 4.62. The Bertz CT molecular complexity index is 505. The summed E-state index contributed by atoms with van der Waals surface area (Å²) in [4.78, 5) is 6.91. The molecule has 6 heteroatoms. The lowest BCUT2D eigenvalue weighted by atomic mass is 9.98. The van der Waals surface area contributed by atoms with E-state index in [2.05, 4.69) is 42.2 Å². The summed E-state index contributed by atoms with van der Waals surface area (Å²) in [6, 6.07) is 2.06. The van der Waals surface area contributed by atoms with Gasteiger partial charge in [-0.3, -0.25) is 5.10 Å². The molecule has 0 aliphatic carbocycles. The molecule has 1 atom stereocenters. The predicted molar refractivity (Wildman–Crippen MR) is 78.6 cm³/mol. The number of hydrogen-bond acceptors (Lipinski definition) is 5. The van der Waals surface area contributed by atoms with Gasteiger partial charge in [0, 0.05) is 24.0 Å². The molecule has 0 bridgehead atoms. The summed E-state index contributed by atoms with van der Waals surface area (Å²) >= 11 is 1.68. The van der Waals surface area contributed by atoms with E-state index >= 15 is 0 Å². The van der Waals surface area contributed by atoms with Crippen LogP contribution in [0.1, 0.15) is 12.8 Å². The zero-order valence-corrected chi connectivity index (χ0v) is 11.9. The first-order valence-corrected chi connectivity index (χ1v) is 7.65. The minimum absolute atomic E-state index is 0.696. The van der Waals surface area contributed by atoms with E-state index in [1.54, 1.807) is 11.3 Å². The number of nitrogens with one attached hydrogen (secondary N) is 2. The van der Waals surface area contributed by atoms with Crippen molar-refractivity contribution in [2.45, 2.75) is 12.8 Å². The number of piperidine rings is 1. The molecule has 1 aliphatic heterocycles. The lowest BCUT2D eigenvalue weighted by molar-refractivity contribution is 0.399. The molecule has 0 saturated carbocycles. The molecular weight excluding hydrogens is 258 g/mol. The van der Waals surface area contributed by atoms with Crippen LogP contribution in [0, 0.1) is 5.92 Å². The van der Waals surface area contributed by atoms with Crippen molar-refractivity contribution in [2.75, 3.05) is 31.6 Å². The number of H-pyrrole nitrogens is 1. The van der Waals surface area contributed by atoms with Crippen molar-refractivity contribution in [1.29, 1.82) is 0 Å². The molecule has 1 unspecified atom stereocenters. The maximum Gasteiger partial charge on any atom is 0.245 e. The normalized spacial score (nSPS) is 19.8. The van der Waals surface area contributed by atoms with Crippen molar-refractivity contribution in [3.8, 4) is 11.4 Å². The van der Waals surface area contributed by atoms with Crippen molar-refractivity contribution >= 4 is 17.3 Å². The SMILES string of the molecule is CNCC1CCCN(c2n[nH]c(-c3ccsc3)n2)C1. The van der Waals surface area contributed by atoms with Gasteiger partial charge in [-0.1, -0.05) is 0 Å². The van der Waals surface area contributed by atoms with Gasteiger partial charge in [0.1, 0.15) is 0 Å². The molecule has 3 heterocycles. The Kier molecular flexibility index (Phi) is 3.79. The monoisotopic (exact) mass is 277 g/mol. The van der Waals surface area contributed by atoms with E-state index in [1.165, 1.54) is 12.8 Å². The summed E-state index contributed by atoms with van der Waals surface area (Å²) < 4.78 is 0. The molecule has 2 N–H and O–H groups in total. The Labute approximate surface area is 117 Å². The molecule has 0 amide bonds. The number of aromatic nitrogens is 3. The van der Waals surface area contributed by atoms with E-state index in [4.69, 9.17) is 0 Å². The average molecular weight is 277 g/mol. The first-order chi connectivity index (χ1) is 9.36. The van der Waals surface area contributed by atoms with Crippen molar-refractivity contribution in [3.63, 3.8) is 0 Å². The van der Waals surface area contributed by atoms with Crippen molar-refractivity contribution < 1.29 is 0 Å². The second-order valence-electron chi connectivity index (χ2n) is 5.01. The highest BCUT2D eigenvalue weighted by atomic mass is 32.1. The van der Waals surface area contributed by atoms with Crippen LogP contribution in [0.25, 0.3) is 11.4 Å². The molecule has 0 radical (unpaired) electrons. The summed E-state index contributed by atoms with van der Waals surface area (Å²) in [7, 11) is 2.01. The van der Waals surface area contributed by atoms with E-state index in [0.717, 1.165) is 37.0 Å². The third-order valence-electron chi connectivity index (χ3n) is 3.56. The van der Waals surface area contributed by atoms with Crippen LogP contribution < -0.4 is 10.2 Å². The Morgan fingerprint density at radius 1 is 1.58 bits per heavy atom. The van der Waals surface area contributed by atoms with E-state index < -0.39 is 0 Å². The van der Waals surface area contributed by atoms with Crippen LogP contribution in [-0.4, -0.2) is 41.9 Å². The van der Waals surface area contributed by atoms with Crippen molar-refractivity contribution in [2.24, 2.45) is 5.92 Å².